The van der Waals surface area contributed by atoms with Crippen molar-refractivity contribution in [2.45, 2.75) is 13.8 Å². The Kier molecular flexibility index (Phi) is 4.51. The number of hydrogen-bond donors (Lipinski definition) is 1. The van der Waals surface area contributed by atoms with Crippen molar-refractivity contribution in [3.63, 3.8) is 0 Å². The third-order valence-corrected chi connectivity index (χ3v) is 3.34. The van der Waals surface area contributed by atoms with Crippen LogP contribution in [-0.2, 0) is 4.74 Å². The third-order valence-electron chi connectivity index (χ3n) is 3.05. The molecule has 2 rings (SSSR count). The fourth-order valence-electron chi connectivity index (χ4n) is 2.07. The summed E-state index contributed by atoms with van der Waals surface area (Å²) >= 11 is 5.74. The Hall–Kier alpha value is -2.34. The molecule has 0 aliphatic heterocycles. The van der Waals surface area contributed by atoms with Gasteiger partial charge < -0.3 is 14.4 Å². The second kappa shape index (κ2) is 6.19. The number of aryl methyl sites for hydroxylation is 1. The van der Waals surface area contributed by atoms with E-state index >= 15 is 0 Å². The fourth-order valence-corrected chi connectivity index (χ4v) is 2.22. The van der Waals surface area contributed by atoms with Crippen molar-refractivity contribution in [3.8, 4) is 5.69 Å². The summed E-state index contributed by atoms with van der Waals surface area (Å²) < 4.78 is 19.8. The first kappa shape index (κ1) is 16.0. The Bertz CT molecular complexity index is 754. The molecule has 0 amide bonds. The highest BCUT2D eigenvalue weighted by Crippen LogP contribution is 2.26. The highest BCUT2D eigenvalue weighted by Gasteiger charge is 2.19. The maximum Gasteiger partial charge on any atom is 0.339 e. The molecule has 116 valence electrons. The number of nitrogens with zero attached hydrogens (tertiary/aromatic N) is 1. The molecule has 0 fully saturated rings. The van der Waals surface area contributed by atoms with E-state index in [9.17, 15) is 19.1 Å². The number of aromatic nitrogens is 1. The molecule has 1 heterocycles. The van der Waals surface area contributed by atoms with Crippen molar-refractivity contribution in [1.82, 2.24) is 4.57 Å². The summed E-state index contributed by atoms with van der Waals surface area (Å²) in [6.45, 7) is 3.60. The van der Waals surface area contributed by atoms with Gasteiger partial charge in [0.2, 0.25) is 0 Å². The van der Waals surface area contributed by atoms with E-state index in [0.29, 0.717) is 5.69 Å². The summed E-state index contributed by atoms with van der Waals surface area (Å²) in [5.41, 5.74) is 0.785. The largest absolute Gasteiger partial charge is 0.478 e. The normalized spacial score (nSPS) is 10.5. The standard InChI is InChI=1S/C15H13ClFNO4/c1-3-22-15(21)9-4-8(2)18(7-9)13-6-11(16)12(17)5-10(13)14(19)20/h4-7H,3H2,1-2H3,(H,19,20). The molecule has 0 unspecified atom stereocenters. The number of carbonyl (C=O) groups excluding carboxylic acids is 1. The molecule has 0 atom stereocenters. The maximum absolute atomic E-state index is 13.5. The molecule has 0 bridgehead atoms. The highest BCUT2D eigenvalue weighted by molar-refractivity contribution is 6.31. The topological polar surface area (TPSA) is 68.5 Å². The van der Waals surface area contributed by atoms with E-state index in [2.05, 4.69) is 0 Å². The number of ether oxygens (including phenoxy) is 1. The predicted octanol–water partition coefficient (Wildman–Crippen LogP) is 3.45. The minimum atomic E-state index is -1.30. The van der Waals surface area contributed by atoms with Crippen LogP contribution in [0.25, 0.3) is 5.69 Å². The van der Waals surface area contributed by atoms with Crippen LogP contribution >= 0.6 is 11.6 Å². The Labute approximate surface area is 130 Å². The number of benzene rings is 1. The molecule has 7 heteroatoms. The molecule has 22 heavy (non-hydrogen) atoms. The lowest BCUT2D eigenvalue weighted by molar-refractivity contribution is 0.0526. The molecule has 2 aromatic rings. The summed E-state index contributed by atoms with van der Waals surface area (Å²) in [6.07, 6.45) is 1.43. The minimum absolute atomic E-state index is 0.173. The minimum Gasteiger partial charge on any atom is -0.478 e. The molecule has 0 radical (unpaired) electrons. The van der Waals surface area contributed by atoms with Crippen molar-refractivity contribution < 1.29 is 23.8 Å². The molecule has 1 N–H and O–H groups in total. The van der Waals surface area contributed by atoms with Crippen LogP contribution in [0.2, 0.25) is 5.02 Å². The van der Waals surface area contributed by atoms with E-state index in [1.807, 2.05) is 0 Å². The van der Waals surface area contributed by atoms with Crippen LogP contribution in [0.15, 0.2) is 24.4 Å². The molecular weight excluding hydrogens is 313 g/mol. The van der Waals surface area contributed by atoms with Gasteiger partial charge in [-0.1, -0.05) is 11.6 Å². The SMILES string of the molecule is CCOC(=O)c1cc(C)n(-c2cc(Cl)c(F)cc2C(=O)O)c1. The number of aromatic carboxylic acids is 1. The van der Waals surface area contributed by atoms with Gasteiger partial charge in [-0.25, -0.2) is 14.0 Å². The van der Waals surface area contributed by atoms with Gasteiger partial charge in [0.1, 0.15) is 5.82 Å². The number of carbonyl (C=O) groups is 2. The predicted molar refractivity (Wildman–Crippen MR) is 78.4 cm³/mol. The van der Waals surface area contributed by atoms with E-state index in [1.165, 1.54) is 16.8 Å². The molecule has 0 saturated carbocycles. The highest BCUT2D eigenvalue weighted by atomic mass is 35.5. The van der Waals surface area contributed by atoms with Gasteiger partial charge >= 0.3 is 11.9 Å². The molecule has 0 spiro atoms. The van der Waals surface area contributed by atoms with Crippen LogP contribution < -0.4 is 0 Å². The molecule has 0 aliphatic rings. The van der Waals surface area contributed by atoms with E-state index in [4.69, 9.17) is 16.3 Å². The van der Waals surface area contributed by atoms with Crippen molar-refractivity contribution in [1.29, 1.82) is 0 Å². The van der Waals surface area contributed by atoms with E-state index in [0.717, 1.165) is 6.07 Å². The van der Waals surface area contributed by atoms with Crippen molar-refractivity contribution >= 4 is 23.5 Å². The molecular formula is C15H13ClFNO4. The maximum atomic E-state index is 13.5. The fraction of sp³-hybridized carbons (Fsp3) is 0.200. The van der Waals surface area contributed by atoms with Crippen molar-refractivity contribution in [2.75, 3.05) is 6.61 Å². The van der Waals surface area contributed by atoms with Gasteiger partial charge in [-0.05, 0) is 32.0 Å². The van der Waals surface area contributed by atoms with Crippen LogP contribution in [0.4, 0.5) is 4.39 Å². The van der Waals surface area contributed by atoms with Gasteiger partial charge in [0.05, 0.1) is 28.4 Å². The Balaban J connectivity index is 2.59. The second-order valence-electron chi connectivity index (χ2n) is 4.55. The number of carboxylic acid groups (broad SMARTS) is 1. The molecule has 1 aromatic heterocycles. The van der Waals surface area contributed by atoms with Crippen LogP contribution in [0, 0.1) is 12.7 Å². The zero-order chi connectivity index (χ0) is 16.4. The quantitative estimate of drug-likeness (QED) is 0.874. The van der Waals surface area contributed by atoms with Gasteiger partial charge in [0.25, 0.3) is 0 Å². The van der Waals surface area contributed by atoms with Gasteiger partial charge in [0, 0.05) is 11.9 Å². The van der Waals surface area contributed by atoms with Crippen LogP contribution in [0.5, 0.6) is 0 Å². The van der Waals surface area contributed by atoms with Gasteiger partial charge in [0.15, 0.2) is 0 Å². The van der Waals surface area contributed by atoms with Crippen LogP contribution in [0.1, 0.15) is 33.3 Å². The average molecular weight is 326 g/mol. The Morgan fingerprint density at radius 2 is 2.05 bits per heavy atom. The summed E-state index contributed by atoms with van der Waals surface area (Å²) in [5, 5.41) is 9.02. The summed E-state index contributed by atoms with van der Waals surface area (Å²) in [6, 6.07) is 3.62. The number of esters is 1. The molecule has 5 nitrogen and oxygen atoms in total. The number of carboxylic acids is 1. The first-order chi connectivity index (χ1) is 10.3. The lowest BCUT2D eigenvalue weighted by Crippen LogP contribution is -2.07. The van der Waals surface area contributed by atoms with E-state index in [1.54, 1.807) is 19.9 Å². The average Bonchev–Trinajstić information content (AvgIpc) is 2.83. The van der Waals surface area contributed by atoms with Crippen LogP contribution in [-0.4, -0.2) is 28.2 Å². The molecule has 1 aromatic carbocycles. The number of rotatable bonds is 4. The second-order valence-corrected chi connectivity index (χ2v) is 4.96. The lowest BCUT2D eigenvalue weighted by Gasteiger charge is -2.11. The zero-order valence-corrected chi connectivity index (χ0v) is 12.6. The van der Waals surface area contributed by atoms with E-state index in [-0.39, 0.29) is 28.4 Å². The number of hydrogen-bond acceptors (Lipinski definition) is 3. The van der Waals surface area contributed by atoms with Crippen molar-refractivity contribution in [2.24, 2.45) is 0 Å². The van der Waals surface area contributed by atoms with E-state index < -0.39 is 17.8 Å². The third kappa shape index (κ3) is 2.96. The zero-order valence-electron chi connectivity index (χ0n) is 11.9. The van der Waals surface area contributed by atoms with Gasteiger partial charge in [-0.15, -0.1) is 0 Å². The first-order valence-electron chi connectivity index (χ1n) is 6.44. The monoisotopic (exact) mass is 325 g/mol. The molecule has 0 aliphatic carbocycles. The Morgan fingerprint density at radius 3 is 2.64 bits per heavy atom. The van der Waals surface area contributed by atoms with Gasteiger partial charge in [-0.2, -0.15) is 0 Å². The van der Waals surface area contributed by atoms with Crippen molar-refractivity contribution in [3.05, 3.63) is 52.1 Å². The smallest absolute Gasteiger partial charge is 0.339 e. The van der Waals surface area contributed by atoms with Gasteiger partial charge in [-0.3, -0.25) is 0 Å². The summed E-state index contributed by atoms with van der Waals surface area (Å²) in [7, 11) is 0. The lowest BCUT2D eigenvalue weighted by atomic mass is 10.1. The molecule has 0 saturated heterocycles. The first-order valence-corrected chi connectivity index (χ1v) is 6.81. The Morgan fingerprint density at radius 1 is 1.36 bits per heavy atom. The van der Waals surface area contributed by atoms with Crippen LogP contribution in [0.3, 0.4) is 0 Å². The summed E-state index contributed by atoms with van der Waals surface area (Å²) in [4.78, 5) is 23.0. The summed E-state index contributed by atoms with van der Waals surface area (Å²) in [5.74, 6) is -2.64. The number of halogens is 2.